The summed E-state index contributed by atoms with van der Waals surface area (Å²) in [5.41, 5.74) is 7.06. The molecule has 4 heterocycles. The van der Waals surface area contributed by atoms with E-state index in [1.54, 1.807) is 81.1 Å². The van der Waals surface area contributed by atoms with E-state index in [-0.39, 0.29) is 120 Å². The number of methoxy groups -OCH3 is 8. The van der Waals surface area contributed by atoms with Gasteiger partial charge in [-0.05, 0) is 204 Å². The minimum absolute atomic E-state index is 0.125. The van der Waals surface area contributed by atoms with Crippen molar-refractivity contribution in [1.82, 2.24) is 60.4 Å². The summed E-state index contributed by atoms with van der Waals surface area (Å²) in [5, 5.41) is 67.5. The number of aromatic nitrogens is 8. The van der Waals surface area contributed by atoms with Crippen molar-refractivity contribution < 1.29 is 96.7 Å². The first-order valence-corrected chi connectivity index (χ1v) is 46.3. The van der Waals surface area contributed by atoms with Crippen molar-refractivity contribution in [3.8, 4) is 91.0 Å². The molecule has 8 N–H and O–H groups in total. The van der Waals surface area contributed by atoms with Crippen molar-refractivity contribution in [2.24, 2.45) is 47.3 Å². The van der Waals surface area contributed by atoms with Crippen LogP contribution in [0, 0.1) is 47.3 Å². The van der Waals surface area contributed by atoms with E-state index < -0.39 is 48.0 Å². The van der Waals surface area contributed by atoms with Crippen molar-refractivity contribution in [2.75, 3.05) is 56.9 Å². The summed E-state index contributed by atoms with van der Waals surface area (Å²) in [5.74, 6) is 2.77. The normalized spacial score (nSPS) is 18.4. The maximum Gasteiger partial charge on any atom is 0.305 e. The first-order chi connectivity index (χ1) is 63.0. The molecule has 11 atom stereocenters. The van der Waals surface area contributed by atoms with Crippen LogP contribution in [-0.4, -0.2) is 188 Å². The second-order valence-electron chi connectivity index (χ2n) is 37.1. The lowest BCUT2D eigenvalue weighted by molar-refractivity contribution is -0.138. The minimum atomic E-state index is -0.940. The van der Waals surface area contributed by atoms with E-state index in [9.17, 15) is 58.8 Å². The predicted molar refractivity (Wildman–Crippen MR) is 503 cm³/mol. The molecule has 0 bridgehead atoms. The lowest BCUT2D eigenvalue weighted by Crippen LogP contribution is -2.37. The zero-order valence-corrected chi connectivity index (χ0v) is 80.5. The van der Waals surface area contributed by atoms with Crippen LogP contribution < -0.4 is 59.2 Å². The van der Waals surface area contributed by atoms with Crippen LogP contribution in [0.25, 0.3) is 45.0 Å². The maximum atomic E-state index is 13.2. The Morgan fingerprint density at radius 3 is 0.841 bits per heavy atom. The number of ether oxygens (including phenoxy) is 8. The van der Waals surface area contributed by atoms with Gasteiger partial charge in [-0.15, -0.1) is 0 Å². The van der Waals surface area contributed by atoms with Crippen molar-refractivity contribution in [1.29, 1.82) is 0 Å². The van der Waals surface area contributed by atoms with Crippen LogP contribution in [0.5, 0.6) is 46.0 Å². The second kappa shape index (κ2) is 48.9. The highest BCUT2D eigenvalue weighted by Gasteiger charge is 2.39. The van der Waals surface area contributed by atoms with Gasteiger partial charge in [-0.1, -0.05) is 127 Å². The van der Waals surface area contributed by atoms with Gasteiger partial charge in [0, 0.05) is 24.2 Å². The van der Waals surface area contributed by atoms with Crippen LogP contribution in [0.15, 0.2) is 97.1 Å². The van der Waals surface area contributed by atoms with Gasteiger partial charge in [0.1, 0.15) is 46.0 Å². The first-order valence-electron chi connectivity index (χ1n) is 46.3. The average Bonchev–Trinajstić information content (AvgIpc) is 1.62. The Morgan fingerprint density at radius 2 is 0.606 bits per heavy atom. The molecule has 4 aromatic carbocycles. The molecular formula is C100H140N12O20. The molecule has 4 aliphatic carbocycles. The zero-order valence-electron chi connectivity index (χ0n) is 80.5. The Morgan fingerprint density at radius 1 is 0.333 bits per heavy atom. The molecule has 132 heavy (non-hydrogen) atoms. The zero-order chi connectivity index (χ0) is 96.5. The summed E-state index contributed by atoms with van der Waals surface area (Å²) < 4.78 is 52.7. The standard InChI is InChI=1S/C26H37N3O5.2C25H35N3O5.C24H33N3O5/c1-15(2)12-18(13-24(30)31)27-26(32)19-14-21(25-22(33-5)8-7-9-23(25)34-6)29(28-19)20-11-10-16(3)17(20)4;1-15(2)12-17(13-23(29)30)26-25(31)18-14-20(28(27-18)19-9-6-8-16(19)3)24-21(32-4)10-7-11-22(24)33-5;1-15(2)11-17(13-23(29)30)26-25(31)19-14-20(28(27-19)18-10-9-16(3)12-18)24-21(32-4)7-6-8-22(24)33-5;1-15(2)12-16(13-22(28)29)25-24(30)18-14-19(27(26-18)17-8-5-6-9-17)23-20(31-3)10-7-11-21(23)32-4/h7-9,14-18,20H,10-13H2,1-6H3,(H,27,32)(H,30,31);7,10-11,14-17,19H,6,8-9,12-13H2,1-5H3,(H,26,31)(H,29,30);6-8,14-18H,9-13H2,1-5H3,(H,26,31)(H,29,30);7,10-11,14-17H,5-6,8-9,12-13H2,1-4H3,(H,25,30)(H,28,29)/t16?,17?,18-,20?;16?,17-,19?;16?,17-,18?;16-/m0000/s1. The number of carboxylic acids is 4. The molecule has 8 aromatic rings. The largest absolute Gasteiger partial charge is 0.496 e. The van der Waals surface area contributed by atoms with E-state index in [1.165, 1.54) is 0 Å². The SMILES string of the molecule is COc1cccc(OC)c1-c1cc(C(=O)N[C@H](CC(=O)O)CC(C)C)nn1C1CCC(C)C1.COc1cccc(OC)c1-c1cc(C(=O)N[C@H](CC(=O)O)CC(C)C)nn1C1CCC(C)C1C.COc1cccc(OC)c1-c1cc(C(=O)N[C@H](CC(=O)O)CC(C)C)nn1C1CCCC1.COc1cccc(OC)c1-c1cc(C(=O)N[C@H](CC(=O)O)CC(C)C)nn1C1CCCC1C. The maximum absolute atomic E-state index is 13.2. The molecule has 0 aliphatic heterocycles. The quantitative estimate of drug-likeness (QED) is 0.0177. The molecule has 720 valence electrons. The number of rotatable bonds is 40. The number of hydrogen-bond acceptors (Lipinski definition) is 20. The number of amides is 4. The second-order valence-corrected chi connectivity index (χ2v) is 37.1. The molecular weight excluding hydrogens is 1690 g/mol. The van der Waals surface area contributed by atoms with Gasteiger partial charge in [-0.25, -0.2) is 0 Å². The van der Waals surface area contributed by atoms with Crippen LogP contribution in [0.4, 0.5) is 0 Å². The van der Waals surface area contributed by atoms with Crippen LogP contribution in [0.2, 0.25) is 0 Å². The Labute approximate surface area is 775 Å². The van der Waals surface area contributed by atoms with Crippen LogP contribution >= 0.6 is 0 Å². The van der Waals surface area contributed by atoms with Crippen molar-refractivity contribution in [3.63, 3.8) is 0 Å². The van der Waals surface area contributed by atoms with Crippen molar-refractivity contribution in [2.45, 2.75) is 260 Å². The number of hydrogen-bond donors (Lipinski definition) is 8. The number of benzene rings is 4. The summed E-state index contributed by atoms with van der Waals surface area (Å²) in [6.45, 7) is 24.9. The van der Waals surface area contributed by atoms with Crippen LogP contribution in [0.3, 0.4) is 0 Å². The Kier molecular flexibility index (Phi) is 38.3. The van der Waals surface area contributed by atoms with Gasteiger partial charge in [0.2, 0.25) is 0 Å². The smallest absolute Gasteiger partial charge is 0.305 e. The van der Waals surface area contributed by atoms with Gasteiger partial charge in [-0.3, -0.25) is 57.1 Å². The molecule has 32 heteroatoms. The number of aliphatic carboxylic acids is 4. The highest BCUT2D eigenvalue weighted by molar-refractivity contribution is 5.97. The third-order valence-corrected chi connectivity index (χ3v) is 25.2. The highest BCUT2D eigenvalue weighted by Crippen LogP contribution is 2.49. The average molecular weight is 1830 g/mol. The van der Waals surface area contributed by atoms with E-state index in [1.807, 2.05) is 147 Å². The lowest BCUT2D eigenvalue weighted by atomic mass is 9.97. The molecule has 0 saturated heterocycles. The van der Waals surface area contributed by atoms with Gasteiger partial charge in [0.05, 0.1) is 152 Å². The number of carboxylic acid groups (broad SMARTS) is 4. The van der Waals surface area contributed by atoms with E-state index >= 15 is 0 Å². The summed E-state index contributed by atoms with van der Waals surface area (Å²) >= 11 is 0. The molecule has 0 spiro atoms. The number of carbonyl (C=O) groups excluding carboxylic acids is 4. The molecule has 7 unspecified atom stereocenters. The van der Waals surface area contributed by atoms with Gasteiger partial charge in [0.15, 0.2) is 22.8 Å². The minimum Gasteiger partial charge on any atom is -0.496 e. The molecule has 4 aromatic heterocycles. The van der Waals surface area contributed by atoms with Crippen molar-refractivity contribution in [3.05, 3.63) is 120 Å². The third kappa shape index (κ3) is 27.3. The molecule has 4 saturated carbocycles. The predicted octanol–water partition coefficient (Wildman–Crippen LogP) is 18.2. The van der Waals surface area contributed by atoms with E-state index in [0.717, 1.165) is 122 Å². The molecule has 4 amide bonds. The van der Waals surface area contributed by atoms with E-state index in [0.29, 0.717) is 95.4 Å². The summed E-state index contributed by atoms with van der Waals surface area (Å²) in [6.07, 6.45) is 14.3. The van der Waals surface area contributed by atoms with Crippen LogP contribution in [0.1, 0.15) is 278 Å². The molecule has 32 nitrogen and oxygen atoms in total. The fraction of sp³-hybridized carbons (Fsp3) is 0.560. The van der Waals surface area contributed by atoms with Crippen LogP contribution in [-0.2, 0) is 19.2 Å². The molecule has 12 rings (SSSR count). The lowest BCUT2D eigenvalue weighted by Gasteiger charge is -2.22. The number of nitrogens with zero attached hydrogens (tertiary/aromatic N) is 8. The van der Waals surface area contributed by atoms with E-state index in [4.69, 9.17) is 53.2 Å². The van der Waals surface area contributed by atoms with Gasteiger partial charge in [-0.2, -0.15) is 20.4 Å². The Bertz CT molecular complexity index is 5100. The number of carbonyl (C=O) groups is 8. The van der Waals surface area contributed by atoms with Gasteiger partial charge in [0.25, 0.3) is 23.6 Å². The monoisotopic (exact) mass is 1830 g/mol. The fourth-order valence-electron chi connectivity index (χ4n) is 18.9. The molecule has 4 aliphatic rings. The summed E-state index contributed by atoms with van der Waals surface area (Å²) in [6, 6.07) is 28.1. The molecule has 4 fully saturated rings. The number of nitrogens with one attached hydrogen (secondary N) is 4. The molecule has 0 radical (unpaired) electrons. The third-order valence-electron chi connectivity index (χ3n) is 25.2. The first kappa shape index (κ1) is 104. The topological polar surface area (TPSA) is 411 Å². The van der Waals surface area contributed by atoms with Crippen molar-refractivity contribution >= 4 is 47.5 Å². The van der Waals surface area contributed by atoms with Gasteiger partial charge < -0.3 is 79.6 Å². The summed E-state index contributed by atoms with van der Waals surface area (Å²) in [4.78, 5) is 97.9. The Balaban J connectivity index is 0.000000198. The van der Waals surface area contributed by atoms with Gasteiger partial charge >= 0.3 is 23.9 Å². The fourth-order valence-corrected chi connectivity index (χ4v) is 18.9. The summed E-state index contributed by atoms with van der Waals surface area (Å²) in [7, 11) is 12.8. The highest BCUT2D eigenvalue weighted by atomic mass is 16.5. The van der Waals surface area contributed by atoms with E-state index in [2.05, 4.69) is 54.1 Å². The Hall–Kier alpha value is -12.1.